The highest BCUT2D eigenvalue weighted by atomic mass is 35.5. The number of rotatable bonds is 7. The molecule has 2 aromatic heterocycles. The van der Waals surface area contributed by atoms with E-state index in [4.69, 9.17) is 16.3 Å². The predicted molar refractivity (Wildman–Crippen MR) is 115 cm³/mol. The molecule has 8 nitrogen and oxygen atoms in total. The molecule has 0 aliphatic heterocycles. The van der Waals surface area contributed by atoms with Crippen LogP contribution >= 0.6 is 22.9 Å². The smallest absolute Gasteiger partial charge is 0.265 e. The number of nitrogens with zero attached hydrogens (tertiary/aromatic N) is 2. The highest BCUT2D eigenvalue weighted by Gasteiger charge is 2.16. The van der Waals surface area contributed by atoms with E-state index in [0.717, 1.165) is 16.8 Å². The van der Waals surface area contributed by atoms with Gasteiger partial charge in [0.2, 0.25) is 10.0 Å². The summed E-state index contributed by atoms with van der Waals surface area (Å²) in [6, 6.07) is 6.22. The van der Waals surface area contributed by atoms with E-state index in [1.54, 1.807) is 23.1 Å². The molecule has 2 heterocycles. The zero-order valence-corrected chi connectivity index (χ0v) is 18.3. The average molecular weight is 455 g/mol. The summed E-state index contributed by atoms with van der Waals surface area (Å²) in [7, 11) is -3.47. The maximum atomic E-state index is 12.7. The van der Waals surface area contributed by atoms with Crippen LogP contribution in [0.25, 0.3) is 5.69 Å². The summed E-state index contributed by atoms with van der Waals surface area (Å²) in [4.78, 5) is 14.1. The standard InChI is InChI=1S/C18H19ClN4O4S2/c1-4-27-15-9-20-23(10-15)16-8-17(28-11(16)2)18(24)21-13-5-12(19)6-14(7-13)22-29(3,25)26/h5-10,22H,4H2,1-3H3,(H,21,24). The van der Waals surface area contributed by atoms with E-state index in [0.29, 0.717) is 22.9 Å². The van der Waals surface area contributed by atoms with Gasteiger partial charge in [0.25, 0.3) is 5.91 Å². The molecule has 154 valence electrons. The van der Waals surface area contributed by atoms with Gasteiger partial charge in [-0.05, 0) is 38.1 Å². The molecule has 0 radical (unpaired) electrons. The van der Waals surface area contributed by atoms with Crippen LogP contribution in [-0.2, 0) is 10.0 Å². The van der Waals surface area contributed by atoms with Gasteiger partial charge in [0.1, 0.15) is 0 Å². The van der Waals surface area contributed by atoms with Crippen molar-refractivity contribution in [3.05, 3.63) is 51.4 Å². The van der Waals surface area contributed by atoms with Crippen LogP contribution in [0, 0.1) is 6.92 Å². The van der Waals surface area contributed by atoms with Crippen molar-refractivity contribution in [1.82, 2.24) is 9.78 Å². The fourth-order valence-electron chi connectivity index (χ4n) is 2.62. The lowest BCUT2D eigenvalue weighted by atomic mass is 10.2. The van der Waals surface area contributed by atoms with Gasteiger partial charge >= 0.3 is 0 Å². The highest BCUT2D eigenvalue weighted by Crippen LogP contribution is 2.28. The van der Waals surface area contributed by atoms with Crippen molar-refractivity contribution in [2.24, 2.45) is 0 Å². The van der Waals surface area contributed by atoms with E-state index in [1.165, 1.54) is 29.5 Å². The lowest BCUT2D eigenvalue weighted by Crippen LogP contribution is -2.12. The van der Waals surface area contributed by atoms with E-state index in [2.05, 4.69) is 15.1 Å². The van der Waals surface area contributed by atoms with Gasteiger partial charge in [-0.1, -0.05) is 11.6 Å². The summed E-state index contributed by atoms with van der Waals surface area (Å²) in [5, 5.41) is 7.29. The first-order chi connectivity index (χ1) is 13.6. The zero-order valence-electron chi connectivity index (χ0n) is 15.9. The Labute approximate surface area is 177 Å². The Balaban J connectivity index is 1.81. The molecule has 3 rings (SSSR count). The quantitative estimate of drug-likeness (QED) is 0.563. The van der Waals surface area contributed by atoms with Gasteiger partial charge in [0.15, 0.2) is 5.75 Å². The van der Waals surface area contributed by atoms with Crippen molar-refractivity contribution in [1.29, 1.82) is 0 Å². The number of halogens is 1. The van der Waals surface area contributed by atoms with Gasteiger partial charge in [-0.15, -0.1) is 11.3 Å². The maximum absolute atomic E-state index is 12.7. The van der Waals surface area contributed by atoms with Crippen LogP contribution in [0.4, 0.5) is 11.4 Å². The Bertz CT molecular complexity index is 1150. The molecular formula is C18H19ClN4O4S2. The SMILES string of the molecule is CCOc1cnn(-c2cc(C(=O)Nc3cc(Cl)cc(NS(C)(=O)=O)c3)sc2C)c1. The van der Waals surface area contributed by atoms with Crippen LogP contribution in [-0.4, -0.2) is 37.0 Å². The van der Waals surface area contributed by atoms with Crippen LogP contribution < -0.4 is 14.8 Å². The third-order valence-electron chi connectivity index (χ3n) is 3.69. The minimum absolute atomic E-state index is 0.262. The number of ether oxygens (including phenoxy) is 1. The van der Waals surface area contributed by atoms with Crippen LogP contribution in [0.1, 0.15) is 21.5 Å². The third-order valence-corrected chi connectivity index (χ3v) is 5.55. The van der Waals surface area contributed by atoms with Gasteiger partial charge in [-0.3, -0.25) is 9.52 Å². The Morgan fingerprint density at radius 1 is 1.28 bits per heavy atom. The number of aryl methyl sites for hydroxylation is 1. The second-order valence-electron chi connectivity index (χ2n) is 6.16. The summed E-state index contributed by atoms with van der Waals surface area (Å²) in [6.07, 6.45) is 4.40. The second kappa shape index (κ2) is 8.44. The number of benzene rings is 1. The molecule has 1 amide bonds. The predicted octanol–water partition coefficient (Wildman–Crippen LogP) is 3.92. The Morgan fingerprint density at radius 3 is 2.69 bits per heavy atom. The number of hydrogen-bond donors (Lipinski definition) is 2. The molecule has 2 N–H and O–H groups in total. The minimum Gasteiger partial charge on any atom is -0.491 e. The van der Waals surface area contributed by atoms with Crippen molar-refractivity contribution in [2.45, 2.75) is 13.8 Å². The van der Waals surface area contributed by atoms with Gasteiger partial charge in [-0.2, -0.15) is 5.10 Å². The molecule has 0 spiro atoms. The van der Waals surface area contributed by atoms with Gasteiger partial charge in [0, 0.05) is 15.6 Å². The number of aromatic nitrogens is 2. The summed E-state index contributed by atoms with van der Waals surface area (Å²) < 4.78 is 32.3. The first-order valence-corrected chi connectivity index (χ1v) is 11.6. The Morgan fingerprint density at radius 2 is 2.00 bits per heavy atom. The number of anilines is 2. The van der Waals surface area contributed by atoms with E-state index in [9.17, 15) is 13.2 Å². The maximum Gasteiger partial charge on any atom is 0.265 e. The molecule has 0 fully saturated rings. The molecule has 1 aromatic carbocycles. The Hall–Kier alpha value is -2.56. The summed E-state index contributed by atoms with van der Waals surface area (Å²) in [5.41, 5.74) is 1.41. The zero-order chi connectivity index (χ0) is 21.2. The van der Waals surface area contributed by atoms with Crippen molar-refractivity contribution < 1.29 is 17.9 Å². The molecule has 3 aromatic rings. The fraction of sp³-hybridized carbons (Fsp3) is 0.222. The molecular weight excluding hydrogens is 436 g/mol. The average Bonchev–Trinajstić information content (AvgIpc) is 3.19. The number of nitrogens with one attached hydrogen (secondary N) is 2. The lowest BCUT2D eigenvalue weighted by Gasteiger charge is -2.09. The number of carbonyl (C=O) groups excluding carboxylic acids is 1. The van der Waals surface area contributed by atoms with Gasteiger partial charge in [0.05, 0.1) is 41.5 Å². The number of sulfonamides is 1. The number of thiophene rings is 1. The molecule has 0 aliphatic rings. The second-order valence-corrected chi connectivity index (χ2v) is 9.60. The molecule has 29 heavy (non-hydrogen) atoms. The summed E-state index contributed by atoms with van der Waals surface area (Å²) >= 11 is 7.36. The molecule has 0 atom stereocenters. The van der Waals surface area contributed by atoms with E-state index < -0.39 is 10.0 Å². The van der Waals surface area contributed by atoms with Crippen molar-refractivity contribution >= 4 is 50.2 Å². The Kier molecular flexibility index (Phi) is 6.15. The number of hydrogen-bond acceptors (Lipinski definition) is 6. The largest absolute Gasteiger partial charge is 0.491 e. The van der Waals surface area contributed by atoms with Crippen molar-refractivity contribution in [3.63, 3.8) is 0 Å². The molecule has 0 aliphatic carbocycles. The van der Waals surface area contributed by atoms with E-state index in [-0.39, 0.29) is 16.6 Å². The van der Waals surface area contributed by atoms with Gasteiger partial charge < -0.3 is 10.1 Å². The lowest BCUT2D eigenvalue weighted by molar-refractivity contribution is 0.103. The van der Waals surface area contributed by atoms with Gasteiger partial charge in [-0.25, -0.2) is 13.1 Å². The molecule has 0 saturated carbocycles. The first kappa shape index (κ1) is 21.2. The third kappa shape index (κ3) is 5.49. The topological polar surface area (TPSA) is 102 Å². The molecule has 11 heteroatoms. The molecule has 0 bridgehead atoms. The summed E-state index contributed by atoms with van der Waals surface area (Å²) in [5.74, 6) is 0.308. The van der Waals surface area contributed by atoms with Crippen molar-refractivity contribution in [3.8, 4) is 11.4 Å². The van der Waals surface area contributed by atoms with Crippen LogP contribution in [0.2, 0.25) is 5.02 Å². The fourth-order valence-corrected chi connectivity index (χ4v) is 4.30. The monoisotopic (exact) mass is 454 g/mol. The van der Waals surface area contributed by atoms with E-state index >= 15 is 0 Å². The normalized spacial score (nSPS) is 11.3. The van der Waals surface area contributed by atoms with Crippen LogP contribution in [0.15, 0.2) is 36.7 Å². The summed E-state index contributed by atoms with van der Waals surface area (Å²) in [6.45, 7) is 4.33. The van der Waals surface area contributed by atoms with Crippen molar-refractivity contribution in [2.75, 3.05) is 22.9 Å². The number of amides is 1. The minimum atomic E-state index is -3.47. The first-order valence-electron chi connectivity index (χ1n) is 8.52. The molecule has 0 unspecified atom stereocenters. The molecule has 0 saturated heterocycles. The van der Waals surface area contributed by atoms with E-state index in [1.807, 2.05) is 13.8 Å². The highest BCUT2D eigenvalue weighted by molar-refractivity contribution is 7.92. The van der Waals surface area contributed by atoms with Crippen LogP contribution in [0.5, 0.6) is 5.75 Å². The van der Waals surface area contributed by atoms with Crippen LogP contribution in [0.3, 0.4) is 0 Å². The number of carbonyl (C=O) groups is 1.